The predicted octanol–water partition coefficient (Wildman–Crippen LogP) is 10.1. The van der Waals surface area contributed by atoms with Gasteiger partial charge in [-0.3, -0.25) is 0 Å². The molecular formula is C33H62O5Si5. The Kier molecular flexibility index (Phi) is 14.7. The number of aromatic hydroxyl groups is 2. The molecule has 0 aliphatic rings. The average Bonchev–Trinajstić information content (AvgIpc) is 2.77. The zero-order valence-corrected chi connectivity index (χ0v) is 34.8. The van der Waals surface area contributed by atoms with Gasteiger partial charge in [-0.05, 0) is 151 Å². The lowest BCUT2D eigenvalue weighted by atomic mass is 9.76. The third-order valence-corrected chi connectivity index (χ3v) is 19.7. The minimum Gasteiger partial charge on any atom is -0.508 e. The molecule has 0 radical (unpaired) electrons. The fourth-order valence-electron chi connectivity index (χ4n) is 5.68. The van der Waals surface area contributed by atoms with Gasteiger partial charge in [-0.2, -0.15) is 0 Å². The first-order valence-corrected chi connectivity index (χ1v) is 31.3. The van der Waals surface area contributed by atoms with E-state index >= 15 is 0 Å². The highest BCUT2D eigenvalue weighted by Crippen LogP contribution is 2.37. The van der Waals surface area contributed by atoms with E-state index in [1.807, 2.05) is 24.3 Å². The third-order valence-electron chi connectivity index (χ3n) is 7.22. The molecular weight excluding hydrogens is 617 g/mol. The van der Waals surface area contributed by atoms with Crippen molar-refractivity contribution < 1.29 is 22.9 Å². The van der Waals surface area contributed by atoms with Crippen LogP contribution in [0.4, 0.5) is 0 Å². The molecule has 2 rings (SSSR count). The highest BCUT2D eigenvalue weighted by atomic mass is 28.4. The molecule has 0 spiro atoms. The summed E-state index contributed by atoms with van der Waals surface area (Å²) < 4.78 is 22.6. The standard InChI is InChI=1S/C31H56O4Si4.C2H6OSi/c1-31(2,27-17-19-29(32)25(23-27)15-13-21-38(9,10)34-36(3,4)5)28-18-20-30(33)26(24-28)16-14-22-39(11,12)35-37(6,7)8;1-4(2)3/h17-20,23-24,32-33H,13-16,21-22H2,1-12H3;1-2H3. The van der Waals surface area contributed by atoms with E-state index in [1.54, 1.807) is 13.1 Å². The van der Waals surface area contributed by atoms with Crippen LogP contribution in [0.5, 0.6) is 11.5 Å². The first-order valence-electron chi connectivity index (χ1n) is 15.9. The quantitative estimate of drug-likeness (QED) is 0.195. The summed E-state index contributed by atoms with van der Waals surface area (Å²) in [7, 11) is -7.64. The van der Waals surface area contributed by atoms with E-state index in [4.69, 9.17) is 8.23 Å². The highest BCUT2D eigenvalue weighted by molar-refractivity contribution is 6.84. The number of hydrogen-bond acceptors (Lipinski definition) is 5. The highest BCUT2D eigenvalue weighted by Gasteiger charge is 2.31. The summed E-state index contributed by atoms with van der Waals surface area (Å²) in [5.41, 5.74) is 4.12. The Labute approximate surface area is 269 Å². The zero-order valence-electron chi connectivity index (χ0n) is 29.8. The van der Waals surface area contributed by atoms with Crippen molar-refractivity contribution >= 4 is 42.0 Å². The molecule has 5 nitrogen and oxygen atoms in total. The van der Waals surface area contributed by atoms with Crippen molar-refractivity contribution in [2.24, 2.45) is 0 Å². The molecule has 43 heavy (non-hydrogen) atoms. The molecule has 0 amide bonds. The van der Waals surface area contributed by atoms with Crippen LogP contribution in [0.3, 0.4) is 0 Å². The number of aryl methyl sites for hydroxylation is 2. The number of phenols is 2. The molecule has 0 aromatic heterocycles. The van der Waals surface area contributed by atoms with Crippen molar-refractivity contribution in [3.8, 4) is 11.5 Å². The molecule has 0 bridgehead atoms. The predicted molar refractivity (Wildman–Crippen MR) is 197 cm³/mol. The van der Waals surface area contributed by atoms with Crippen LogP contribution in [0.1, 0.15) is 48.9 Å². The van der Waals surface area contributed by atoms with E-state index in [0.29, 0.717) is 11.5 Å². The number of phenolic OH excluding ortho intramolecular Hbond substituents is 2. The van der Waals surface area contributed by atoms with Crippen molar-refractivity contribution in [3.05, 3.63) is 58.7 Å². The van der Waals surface area contributed by atoms with Crippen LogP contribution < -0.4 is 0 Å². The van der Waals surface area contributed by atoms with Gasteiger partial charge in [-0.1, -0.05) is 38.1 Å². The Morgan fingerprint density at radius 1 is 0.651 bits per heavy atom. The second-order valence-electron chi connectivity index (χ2n) is 15.9. The van der Waals surface area contributed by atoms with Gasteiger partial charge in [0, 0.05) is 5.41 Å². The van der Waals surface area contributed by atoms with Crippen molar-refractivity contribution in [2.45, 2.75) is 136 Å². The minimum atomic E-state index is -1.71. The molecule has 0 atom stereocenters. The van der Waals surface area contributed by atoms with Gasteiger partial charge in [-0.25, -0.2) is 0 Å². The van der Waals surface area contributed by atoms with E-state index in [2.05, 4.69) is 91.5 Å². The molecule has 0 aliphatic heterocycles. The Bertz CT molecular complexity index is 1110. The van der Waals surface area contributed by atoms with Crippen LogP contribution in [0.15, 0.2) is 36.4 Å². The molecule has 2 aromatic carbocycles. The van der Waals surface area contributed by atoms with Gasteiger partial charge in [-0.15, -0.1) is 0 Å². The molecule has 0 saturated heterocycles. The zero-order chi connectivity index (χ0) is 33.4. The lowest BCUT2D eigenvalue weighted by Crippen LogP contribution is -2.42. The molecule has 0 fully saturated rings. The lowest BCUT2D eigenvalue weighted by molar-refractivity contribution is 0.465. The Balaban J connectivity index is 0.00000217. The van der Waals surface area contributed by atoms with Gasteiger partial charge in [0.15, 0.2) is 33.3 Å². The molecule has 244 valence electrons. The average molecular weight is 679 g/mol. The van der Waals surface area contributed by atoms with Crippen molar-refractivity contribution in [1.29, 1.82) is 0 Å². The second-order valence-corrected chi connectivity index (χ2v) is 35.8. The summed E-state index contributed by atoms with van der Waals surface area (Å²) in [6.07, 6.45) is 3.74. The van der Waals surface area contributed by atoms with Crippen LogP contribution in [-0.4, -0.2) is 52.2 Å². The summed E-state index contributed by atoms with van der Waals surface area (Å²) in [5, 5.41) is 21.3. The molecule has 0 aliphatic carbocycles. The maximum Gasteiger partial charge on any atom is 0.270 e. The fourth-order valence-corrected chi connectivity index (χ4v) is 21.8. The van der Waals surface area contributed by atoms with E-state index < -0.39 is 42.0 Å². The summed E-state index contributed by atoms with van der Waals surface area (Å²) in [5.74, 6) is 0.748. The monoisotopic (exact) mass is 678 g/mol. The first kappa shape index (κ1) is 39.9. The Morgan fingerprint density at radius 3 is 1.23 bits per heavy atom. The van der Waals surface area contributed by atoms with E-state index in [-0.39, 0.29) is 5.41 Å². The normalized spacial score (nSPS) is 13.0. The van der Waals surface area contributed by atoms with Gasteiger partial charge in [0.2, 0.25) is 0 Å². The van der Waals surface area contributed by atoms with Gasteiger partial charge in [0.1, 0.15) is 11.5 Å². The number of hydrogen-bond donors (Lipinski definition) is 2. The molecule has 0 unspecified atom stereocenters. The molecule has 2 aromatic rings. The second kappa shape index (κ2) is 15.9. The number of benzene rings is 2. The van der Waals surface area contributed by atoms with Gasteiger partial charge < -0.3 is 22.9 Å². The third kappa shape index (κ3) is 15.6. The Morgan fingerprint density at radius 2 is 0.953 bits per heavy atom. The van der Waals surface area contributed by atoms with Gasteiger partial charge >= 0.3 is 0 Å². The smallest absolute Gasteiger partial charge is 0.270 e. The SMILES string of the molecule is CC(C)(c1ccc(O)c(CCC[Si](C)(C)O[Si](C)(C)C)c1)c1ccc(O)c(CCC[Si](C)(C)O[Si](C)(C)C)c1.C[Si](C)=O. The summed E-state index contributed by atoms with van der Waals surface area (Å²) >= 11 is 0. The first-order chi connectivity index (χ1) is 19.3. The maximum absolute atomic E-state index is 10.7. The maximum atomic E-state index is 10.7. The molecule has 10 heteroatoms. The van der Waals surface area contributed by atoms with E-state index in [9.17, 15) is 14.7 Å². The van der Waals surface area contributed by atoms with Crippen LogP contribution in [0.2, 0.25) is 90.7 Å². The van der Waals surface area contributed by atoms with Gasteiger partial charge in [0.05, 0.1) is 0 Å². The Hall–Kier alpha value is -1.16. The summed E-state index contributed by atoms with van der Waals surface area (Å²) in [6.45, 7) is 30.7. The van der Waals surface area contributed by atoms with Crippen LogP contribution in [0, 0.1) is 0 Å². The van der Waals surface area contributed by atoms with E-state index in [1.165, 1.54) is 11.1 Å². The van der Waals surface area contributed by atoms with Crippen LogP contribution >= 0.6 is 0 Å². The van der Waals surface area contributed by atoms with Gasteiger partial charge in [0.25, 0.3) is 8.68 Å². The molecule has 0 saturated carbocycles. The van der Waals surface area contributed by atoms with Crippen molar-refractivity contribution in [2.75, 3.05) is 0 Å². The minimum absolute atomic E-state index is 0.255. The van der Waals surface area contributed by atoms with E-state index in [0.717, 1.165) is 48.9 Å². The summed E-state index contributed by atoms with van der Waals surface area (Å²) in [4.78, 5) is 0. The molecule has 2 N–H and O–H groups in total. The van der Waals surface area contributed by atoms with Crippen LogP contribution in [-0.2, 0) is 30.9 Å². The van der Waals surface area contributed by atoms with Crippen LogP contribution in [0.25, 0.3) is 0 Å². The lowest BCUT2D eigenvalue weighted by Gasteiger charge is -2.31. The topological polar surface area (TPSA) is 76.0 Å². The largest absolute Gasteiger partial charge is 0.508 e. The molecule has 0 heterocycles. The fraction of sp³-hybridized carbons (Fsp3) is 0.636. The summed E-state index contributed by atoms with van der Waals surface area (Å²) in [6, 6.07) is 14.3. The number of rotatable bonds is 14. The van der Waals surface area contributed by atoms with Crippen molar-refractivity contribution in [3.63, 3.8) is 0 Å². The van der Waals surface area contributed by atoms with Crippen molar-refractivity contribution in [1.82, 2.24) is 0 Å².